The molecule has 35 atom stereocenters. The number of fused-ring (bicyclic) bond motifs is 5. The van der Waals surface area contributed by atoms with E-state index in [4.69, 9.17) is 51.6 Å². The van der Waals surface area contributed by atoms with E-state index in [9.17, 15) is 84.5 Å². The highest BCUT2D eigenvalue weighted by atomic mass is 32.3. The lowest BCUT2D eigenvalue weighted by Gasteiger charge is -2.59. The molecule has 5 aliphatic heterocycles. The standard InChI is InChI=1S/C57H96O28S/c1-21(2)15-26(60)16-22(3)29-9-10-30-28-18-33(32-17-27(85-86(72,73)74)11-13-57(32,8)31(28)12-14-56(29,30)7)78-53-46(71)48(39(64)35(20-59)79-53)82-54-50(84-52-44(69)41(66)37(62)24(5)76-52)45(70)47(25(6)77-54)81-55-49(42(67)38(63)34(19-58)80-55)83-51-43(68)40(65)36(61)23(4)75-51/h12,21-30,32-55,58-71H,9-11,13-20H2,1-8H3,(H,72,73,74)/t22-,23?,24?,25?,26-,27+,28?,29-,30?,32?,33+,34?,35?,36?,37?,38?,39?,40?,41?,42?,43?,44?,45?,46?,47?,48?,49?,50?,51?,52?,53?,54?,55?,56-,57-/m1/s1. The molecule has 29 heteroatoms. The van der Waals surface area contributed by atoms with Crippen molar-refractivity contribution in [2.75, 3.05) is 13.2 Å². The van der Waals surface area contributed by atoms with Crippen LogP contribution in [-0.2, 0) is 62.0 Å². The van der Waals surface area contributed by atoms with Gasteiger partial charge in [0.2, 0.25) is 0 Å². The van der Waals surface area contributed by atoms with Gasteiger partial charge in [-0.3, -0.25) is 4.55 Å². The topological polar surface area (TPSA) is 439 Å². The monoisotopic (exact) mass is 1260 g/mol. The van der Waals surface area contributed by atoms with Crippen LogP contribution in [0.4, 0.5) is 0 Å². The van der Waals surface area contributed by atoms with Crippen molar-refractivity contribution in [3.05, 3.63) is 11.6 Å². The molecule has 0 aromatic carbocycles. The van der Waals surface area contributed by atoms with Crippen molar-refractivity contribution < 1.29 is 136 Å². The Morgan fingerprint density at radius 2 is 1.08 bits per heavy atom. The van der Waals surface area contributed by atoms with E-state index in [0.717, 1.165) is 19.3 Å². The molecule has 9 aliphatic rings. The zero-order valence-corrected chi connectivity index (χ0v) is 50.7. The first-order valence-corrected chi connectivity index (χ1v) is 32.0. The fourth-order valence-electron chi connectivity index (χ4n) is 16.2. The zero-order chi connectivity index (χ0) is 63.0. The van der Waals surface area contributed by atoms with Crippen molar-refractivity contribution in [2.24, 2.45) is 46.3 Å². The van der Waals surface area contributed by atoms with Gasteiger partial charge in [0, 0.05) is 0 Å². The zero-order valence-electron chi connectivity index (χ0n) is 49.9. The summed E-state index contributed by atoms with van der Waals surface area (Å²) >= 11 is 0. The Balaban J connectivity index is 1.00. The number of hydrogen-bond donors (Lipinski definition) is 15. The number of rotatable bonds is 19. The molecule has 0 amide bonds. The maximum Gasteiger partial charge on any atom is 0.397 e. The lowest BCUT2D eigenvalue weighted by Crippen LogP contribution is -2.68. The van der Waals surface area contributed by atoms with Crippen LogP contribution in [0.3, 0.4) is 0 Å². The van der Waals surface area contributed by atoms with Crippen LogP contribution in [-0.4, -0.2) is 270 Å². The van der Waals surface area contributed by atoms with Gasteiger partial charge in [-0.05, 0) is 125 Å². The minimum atomic E-state index is -4.88. The molecule has 4 aliphatic carbocycles. The quantitative estimate of drug-likeness (QED) is 0.0464. The van der Waals surface area contributed by atoms with Gasteiger partial charge in [-0.1, -0.05) is 46.3 Å². The van der Waals surface area contributed by atoms with Crippen LogP contribution in [0.15, 0.2) is 11.6 Å². The molecule has 5 heterocycles. The van der Waals surface area contributed by atoms with E-state index >= 15 is 0 Å². The summed E-state index contributed by atoms with van der Waals surface area (Å²) in [5, 5.41) is 156. The molecule has 0 bridgehead atoms. The minimum absolute atomic E-state index is 0.0586. The molecule has 9 rings (SSSR count). The Morgan fingerprint density at radius 3 is 1.66 bits per heavy atom. The summed E-state index contributed by atoms with van der Waals surface area (Å²) in [6.07, 6.45) is -38.5. The molecule has 5 saturated heterocycles. The maximum atomic E-state index is 12.5. The largest absolute Gasteiger partial charge is 0.397 e. The van der Waals surface area contributed by atoms with E-state index in [1.165, 1.54) is 26.3 Å². The van der Waals surface area contributed by atoms with Gasteiger partial charge in [0.05, 0.1) is 49.8 Å². The summed E-state index contributed by atoms with van der Waals surface area (Å²) in [5.41, 5.74) is 0.432. The van der Waals surface area contributed by atoms with Crippen LogP contribution in [0.5, 0.6) is 0 Å². The maximum absolute atomic E-state index is 12.5. The number of ether oxygens (including phenoxy) is 10. The molecular formula is C57H96O28S. The second-order valence-corrected chi connectivity index (χ2v) is 28.0. The van der Waals surface area contributed by atoms with Crippen LogP contribution < -0.4 is 0 Å². The summed E-state index contributed by atoms with van der Waals surface area (Å²) in [6, 6.07) is 0. The van der Waals surface area contributed by atoms with Gasteiger partial charge < -0.3 is 119 Å². The van der Waals surface area contributed by atoms with E-state index in [0.29, 0.717) is 31.6 Å². The predicted octanol–water partition coefficient (Wildman–Crippen LogP) is -2.64. The molecule has 15 N–H and O–H groups in total. The van der Waals surface area contributed by atoms with Gasteiger partial charge in [-0.2, -0.15) is 8.42 Å². The van der Waals surface area contributed by atoms with Crippen LogP contribution in [0.25, 0.3) is 0 Å². The number of hydrogen-bond acceptors (Lipinski definition) is 27. The minimum Gasteiger partial charge on any atom is -0.394 e. The molecule has 86 heavy (non-hydrogen) atoms. The van der Waals surface area contributed by atoms with E-state index in [2.05, 4.69) is 40.7 Å². The Morgan fingerprint density at radius 1 is 0.558 bits per heavy atom. The second kappa shape index (κ2) is 27.3. The third-order valence-electron chi connectivity index (χ3n) is 20.9. The third-order valence-corrected chi connectivity index (χ3v) is 21.4. The predicted molar refractivity (Wildman–Crippen MR) is 291 cm³/mol. The molecule has 3 saturated carbocycles. The van der Waals surface area contributed by atoms with Crippen molar-refractivity contribution in [2.45, 2.75) is 285 Å². The molecule has 0 spiro atoms. The fourth-order valence-corrected chi connectivity index (χ4v) is 16.8. The molecule has 8 fully saturated rings. The first kappa shape index (κ1) is 69.0. The van der Waals surface area contributed by atoms with Crippen molar-refractivity contribution in [3.8, 4) is 0 Å². The molecule has 0 radical (unpaired) electrons. The summed E-state index contributed by atoms with van der Waals surface area (Å²) in [5.74, 6) is 0.435. The van der Waals surface area contributed by atoms with Crippen molar-refractivity contribution in [1.82, 2.24) is 0 Å². The van der Waals surface area contributed by atoms with Gasteiger partial charge in [0.15, 0.2) is 31.5 Å². The van der Waals surface area contributed by atoms with Gasteiger partial charge in [-0.15, -0.1) is 0 Å². The number of aliphatic hydroxyl groups is 14. The highest BCUT2D eigenvalue weighted by molar-refractivity contribution is 7.80. The number of allylic oxidation sites excluding steroid dienone is 2. The highest BCUT2D eigenvalue weighted by Crippen LogP contribution is 2.67. The van der Waals surface area contributed by atoms with Gasteiger partial charge in [-0.25, -0.2) is 4.18 Å². The molecule has 0 aromatic heterocycles. The summed E-state index contributed by atoms with van der Waals surface area (Å²) < 4.78 is 101. The summed E-state index contributed by atoms with van der Waals surface area (Å²) in [7, 11) is -4.88. The van der Waals surface area contributed by atoms with Crippen molar-refractivity contribution >= 4 is 10.4 Å². The van der Waals surface area contributed by atoms with E-state index < -0.39 is 207 Å². The third kappa shape index (κ3) is 13.7. The Kier molecular flexibility index (Phi) is 21.9. The SMILES string of the molecule is CC(C)C[C@@H](O)C[C@@H](C)[C@H]1CCC2C3C[C@H](OC4OC(CO)C(O)C(OC5OC(C)C(OC6OC(CO)C(O)C(O)C6OC6OC(C)C(O)C(O)C6O)C(O)C5OC5OC(C)C(O)C(O)C5O)C4O)C4C[C@@H](OS(=O)(=O)O)CC[C@]4(C)C3=CC[C@@]21C. The van der Waals surface area contributed by atoms with Crippen molar-refractivity contribution in [1.29, 1.82) is 0 Å². The summed E-state index contributed by atoms with van der Waals surface area (Å²) in [6.45, 7) is 13.2. The Hall–Kier alpha value is -1.35. The van der Waals surface area contributed by atoms with E-state index in [1.54, 1.807) is 0 Å². The van der Waals surface area contributed by atoms with Gasteiger partial charge in [0.25, 0.3) is 0 Å². The molecule has 28 unspecified atom stereocenters. The average molecular weight is 1260 g/mol. The van der Waals surface area contributed by atoms with Crippen LogP contribution in [0.2, 0.25) is 0 Å². The van der Waals surface area contributed by atoms with E-state index in [1.807, 2.05) is 0 Å². The Labute approximate surface area is 501 Å². The molecule has 498 valence electrons. The molecule has 28 nitrogen and oxygen atoms in total. The van der Waals surface area contributed by atoms with Crippen molar-refractivity contribution in [3.63, 3.8) is 0 Å². The Bertz CT molecular complexity index is 2380. The van der Waals surface area contributed by atoms with Crippen LogP contribution in [0, 0.1) is 46.3 Å². The lowest BCUT2D eigenvalue weighted by atomic mass is 9.47. The van der Waals surface area contributed by atoms with Gasteiger partial charge in [0.1, 0.15) is 104 Å². The normalized spacial score (nSPS) is 51.7. The summed E-state index contributed by atoms with van der Waals surface area (Å²) in [4.78, 5) is 0. The van der Waals surface area contributed by atoms with Gasteiger partial charge >= 0.3 is 10.4 Å². The molecule has 0 aromatic rings. The average Bonchev–Trinajstić information content (AvgIpc) is 1.29. The van der Waals surface area contributed by atoms with Crippen LogP contribution in [0.1, 0.15) is 113 Å². The lowest BCUT2D eigenvalue weighted by molar-refractivity contribution is -0.407. The second-order valence-electron chi connectivity index (χ2n) is 27.0. The molecular weight excluding hydrogens is 1160 g/mol. The van der Waals surface area contributed by atoms with E-state index in [-0.39, 0.29) is 41.9 Å². The fraction of sp³-hybridized carbons (Fsp3) is 0.965. The number of aliphatic hydroxyl groups excluding tert-OH is 14. The first-order chi connectivity index (χ1) is 40.3. The van der Waals surface area contributed by atoms with Crippen LogP contribution >= 0.6 is 0 Å². The first-order valence-electron chi connectivity index (χ1n) is 30.6. The smallest absolute Gasteiger partial charge is 0.394 e. The highest BCUT2D eigenvalue weighted by Gasteiger charge is 2.63.